The van der Waals surface area contributed by atoms with Gasteiger partial charge in [0.05, 0.1) is 38.7 Å². The van der Waals surface area contributed by atoms with Crippen LogP contribution in [-0.4, -0.2) is 52.9 Å². The molecular weight excluding hydrogens is 769 g/mol. The highest BCUT2D eigenvalue weighted by molar-refractivity contribution is 6.31. The molecule has 2 N–H and O–H groups in total. The number of urea groups is 2. The molecular formula is C36H32Cl2F6N4O6. The summed E-state index contributed by atoms with van der Waals surface area (Å²) >= 11 is 11.8. The molecule has 4 aromatic carbocycles. The first-order valence-corrected chi connectivity index (χ1v) is 16.5. The van der Waals surface area contributed by atoms with E-state index in [9.17, 15) is 35.9 Å². The van der Waals surface area contributed by atoms with Crippen molar-refractivity contribution in [3.8, 4) is 11.5 Å². The normalized spacial score (nSPS) is 19.5. The zero-order chi connectivity index (χ0) is 39.6. The molecule has 0 spiro atoms. The molecule has 4 aromatic rings. The van der Waals surface area contributed by atoms with E-state index in [1.807, 2.05) is 10.6 Å². The number of carbonyl (C=O) groups excluding carboxylic acids is 2. The van der Waals surface area contributed by atoms with Crippen LogP contribution >= 0.6 is 23.2 Å². The topological polar surface area (TPSA) is 102 Å². The Balaban J connectivity index is 0.000000208. The van der Waals surface area contributed by atoms with Crippen LogP contribution in [0, 0.1) is 0 Å². The van der Waals surface area contributed by atoms with Gasteiger partial charge in [-0.1, -0.05) is 47.5 Å². The summed E-state index contributed by atoms with van der Waals surface area (Å²) in [4.78, 5) is 27.5. The summed E-state index contributed by atoms with van der Waals surface area (Å²) in [6.07, 6.45) is -9.77. The lowest BCUT2D eigenvalue weighted by Gasteiger charge is -2.43. The van der Waals surface area contributed by atoms with Gasteiger partial charge in [-0.25, -0.2) is 9.59 Å². The third-order valence-electron chi connectivity index (χ3n) is 8.72. The Morgan fingerprint density at radius 1 is 0.574 bits per heavy atom. The lowest BCUT2D eigenvalue weighted by molar-refractivity contribution is -0.285. The number of halogens is 8. The molecule has 10 nitrogen and oxygen atoms in total. The molecule has 54 heavy (non-hydrogen) atoms. The fraction of sp³-hybridized carbons (Fsp3) is 0.278. The van der Waals surface area contributed by atoms with Crippen LogP contribution in [0.5, 0.6) is 11.5 Å². The van der Waals surface area contributed by atoms with Gasteiger partial charge in [-0.3, -0.25) is 20.4 Å². The molecule has 0 unspecified atom stereocenters. The van der Waals surface area contributed by atoms with Gasteiger partial charge >= 0.3 is 24.4 Å². The summed E-state index contributed by atoms with van der Waals surface area (Å²) in [6.45, 7) is 0.115. The van der Waals surface area contributed by atoms with E-state index in [0.29, 0.717) is 22.6 Å². The summed E-state index contributed by atoms with van der Waals surface area (Å²) in [5.74, 6) is 1.26. The van der Waals surface area contributed by atoms with E-state index >= 15 is 0 Å². The molecule has 2 aliphatic heterocycles. The fourth-order valence-corrected chi connectivity index (χ4v) is 6.33. The van der Waals surface area contributed by atoms with Crippen LogP contribution in [0.15, 0.2) is 84.9 Å². The molecule has 6 rings (SSSR count). The Bertz CT molecular complexity index is 1860. The van der Waals surface area contributed by atoms with Crippen molar-refractivity contribution in [2.45, 2.75) is 36.9 Å². The van der Waals surface area contributed by atoms with Crippen molar-refractivity contribution in [2.75, 3.05) is 38.2 Å². The van der Waals surface area contributed by atoms with E-state index in [1.54, 1.807) is 48.5 Å². The van der Waals surface area contributed by atoms with Gasteiger partial charge in [0, 0.05) is 35.4 Å². The molecule has 288 valence electrons. The fourth-order valence-electron chi connectivity index (χ4n) is 5.98. The van der Waals surface area contributed by atoms with Gasteiger partial charge in [-0.05, 0) is 71.8 Å². The Morgan fingerprint density at radius 3 is 1.19 bits per heavy atom. The SMILES string of the molecule is COc1ccc(CN2C(=O)N[C@](OC)(C(F)(F)F)c3cc(Cl)ccc32)cc1.COc1ccc(CN2C(=O)N[C@](OC)(C(F)(F)F)c3cc(Cl)ccc32)cc1. The first-order chi connectivity index (χ1) is 25.4. The average Bonchev–Trinajstić information content (AvgIpc) is 3.13. The minimum absolute atomic E-state index is 0.0577. The van der Waals surface area contributed by atoms with Crippen LogP contribution in [-0.2, 0) is 34.0 Å². The number of fused-ring (bicyclic) bond motifs is 2. The van der Waals surface area contributed by atoms with Gasteiger partial charge in [-0.2, -0.15) is 26.3 Å². The van der Waals surface area contributed by atoms with Gasteiger partial charge in [-0.15, -0.1) is 0 Å². The smallest absolute Gasteiger partial charge is 0.441 e. The third kappa shape index (κ3) is 7.56. The summed E-state index contributed by atoms with van der Waals surface area (Å²) in [5, 5.41) is 4.10. The van der Waals surface area contributed by atoms with Crippen molar-refractivity contribution in [2.24, 2.45) is 0 Å². The van der Waals surface area contributed by atoms with E-state index in [4.69, 9.17) is 42.1 Å². The number of hydrogen-bond donors (Lipinski definition) is 2. The van der Waals surface area contributed by atoms with Crippen LogP contribution in [0.25, 0.3) is 0 Å². The van der Waals surface area contributed by atoms with E-state index < -0.39 is 35.9 Å². The number of nitrogens with zero attached hydrogens (tertiary/aromatic N) is 2. The predicted octanol–water partition coefficient (Wildman–Crippen LogP) is 8.88. The Kier molecular flexibility index (Phi) is 11.5. The van der Waals surface area contributed by atoms with Crippen molar-refractivity contribution in [3.05, 3.63) is 117 Å². The lowest BCUT2D eigenvalue weighted by atomic mass is 9.96. The zero-order valence-corrected chi connectivity index (χ0v) is 30.4. The number of rotatable bonds is 8. The van der Waals surface area contributed by atoms with Crippen LogP contribution in [0.2, 0.25) is 10.0 Å². The van der Waals surface area contributed by atoms with E-state index in [1.165, 1.54) is 48.3 Å². The standard InChI is InChI=1S/2C18H16ClF3N2O3/c2*1-26-13-6-3-11(4-7-13)10-24-15-8-5-12(19)9-14(15)17(27-2,18(20,21)22)23-16(24)25/h2*3-9H,10H2,1-2H3,(H,23,25)/t2*17-/m11/s1. The number of carbonyl (C=O) groups is 2. The van der Waals surface area contributed by atoms with Gasteiger partial charge < -0.3 is 18.9 Å². The van der Waals surface area contributed by atoms with Crippen LogP contribution in [0.1, 0.15) is 22.3 Å². The second-order valence-corrected chi connectivity index (χ2v) is 12.7. The average molecular weight is 802 g/mol. The minimum atomic E-state index is -4.89. The predicted molar refractivity (Wildman–Crippen MR) is 188 cm³/mol. The molecule has 0 radical (unpaired) electrons. The number of alkyl halides is 6. The molecule has 4 amide bonds. The number of benzene rings is 4. The number of nitrogens with one attached hydrogen (secondary N) is 2. The maximum Gasteiger partial charge on any atom is 0.441 e. The second kappa shape index (κ2) is 15.5. The molecule has 2 heterocycles. The monoisotopic (exact) mass is 800 g/mol. The highest BCUT2D eigenvalue weighted by Crippen LogP contribution is 2.48. The van der Waals surface area contributed by atoms with Crippen LogP contribution in [0.4, 0.5) is 47.3 Å². The highest BCUT2D eigenvalue weighted by atomic mass is 35.5. The van der Waals surface area contributed by atoms with Crippen LogP contribution in [0.3, 0.4) is 0 Å². The maximum absolute atomic E-state index is 13.8. The third-order valence-corrected chi connectivity index (χ3v) is 9.19. The van der Waals surface area contributed by atoms with Gasteiger partial charge in [0.25, 0.3) is 11.4 Å². The van der Waals surface area contributed by atoms with Gasteiger partial charge in [0.2, 0.25) is 0 Å². The maximum atomic E-state index is 13.8. The van der Waals surface area contributed by atoms with Crippen molar-refractivity contribution >= 4 is 46.6 Å². The first-order valence-electron chi connectivity index (χ1n) is 15.7. The Hall–Kier alpha value is -4.90. The molecule has 2 atom stereocenters. The van der Waals surface area contributed by atoms with E-state index in [-0.39, 0.29) is 45.6 Å². The highest BCUT2D eigenvalue weighted by Gasteiger charge is 2.63. The summed E-state index contributed by atoms with van der Waals surface area (Å²) in [6, 6.07) is 19.8. The number of anilines is 2. The largest absolute Gasteiger partial charge is 0.497 e. The molecule has 0 fully saturated rings. The quantitative estimate of drug-likeness (QED) is 0.173. The molecule has 0 aliphatic carbocycles. The lowest BCUT2D eigenvalue weighted by Crippen LogP contribution is -2.63. The number of amides is 4. The number of ether oxygens (including phenoxy) is 4. The molecule has 0 saturated carbocycles. The Morgan fingerprint density at radius 2 is 0.907 bits per heavy atom. The summed E-state index contributed by atoms with van der Waals surface area (Å²) in [7, 11) is 4.82. The Labute approximate surface area is 315 Å². The molecule has 2 aliphatic rings. The van der Waals surface area contributed by atoms with Gasteiger partial charge in [0.1, 0.15) is 11.5 Å². The van der Waals surface area contributed by atoms with Gasteiger partial charge in [0.15, 0.2) is 0 Å². The zero-order valence-electron chi connectivity index (χ0n) is 28.9. The second-order valence-electron chi connectivity index (χ2n) is 11.8. The molecule has 0 saturated heterocycles. The molecule has 0 aromatic heterocycles. The number of hydrogen-bond acceptors (Lipinski definition) is 6. The van der Waals surface area contributed by atoms with Crippen molar-refractivity contribution in [1.82, 2.24) is 10.6 Å². The van der Waals surface area contributed by atoms with Crippen LogP contribution < -0.4 is 29.9 Å². The molecule has 0 bridgehead atoms. The summed E-state index contributed by atoms with van der Waals surface area (Å²) < 4.78 is 103. The first kappa shape index (κ1) is 40.3. The number of methoxy groups -OCH3 is 4. The van der Waals surface area contributed by atoms with E-state index in [0.717, 1.165) is 26.4 Å². The molecule has 18 heteroatoms. The van der Waals surface area contributed by atoms with Crippen molar-refractivity contribution in [3.63, 3.8) is 0 Å². The van der Waals surface area contributed by atoms with E-state index in [2.05, 4.69) is 0 Å². The summed E-state index contributed by atoms with van der Waals surface area (Å²) in [5.41, 5.74) is -4.94. The van der Waals surface area contributed by atoms with Crippen molar-refractivity contribution in [1.29, 1.82) is 0 Å². The minimum Gasteiger partial charge on any atom is -0.497 e. The van der Waals surface area contributed by atoms with Crippen molar-refractivity contribution < 1.29 is 54.9 Å².